The van der Waals surface area contributed by atoms with Gasteiger partial charge in [-0.05, 0) is 6.92 Å². The summed E-state index contributed by atoms with van der Waals surface area (Å²) in [4.78, 5) is 0. The maximum absolute atomic E-state index is 9.90. The molecule has 0 rings (SSSR count). The highest BCUT2D eigenvalue weighted by molar-refractivity contribution is 7.40. The van der Waals surface area contributed by atoms with Gasteiger partial charge in [0.2, 0.25) is 0 Å². The highest BCUT2D eigenvalue weighted by Crippen LogP contribution is 2.16. The Labute approximate surface area is 38.4 Å². The van der Waals surface area contributed by atoms with Gasteiger partial charge in [0.15, 0.2) is 8.03 Å². The SMILES string of the molecule is [CH2][PH](=O)OCC. The van der Waals surface area contributed by atoms with Crippen LogP contribution in [-0.4, -0.2) is 6.61 Å². The van der Waals surface area contributed by atoms with Gasteiger partial charge < -0.3 is 4.52 Å². The quantitative estimate of drug-likeness (QED) is 0.497. The monoisotopic (exact) mass is 107 g/mol. The molecule has 0 aromatic rings. The van der Waals surface area contributed by atoms with Gasteiger partial charge in [0.25, 0.3) is 0 Å². The van der Waals surface area contributed by atoms with Crippen molar-refractivity contribution in [1.29, 1.82) is 0 Å². The zero-order chi connectivity index (χ0) is 4.99. The molecule has 1 unspecified atom stereocenters. The van der Waals surface area contributed by atoms with E-state index in [4.69, 9.17) is 0 Å². The standard InChI is InChI=1S/C3H8O2P/c1-3-5-6(2)4/h6H,2-3H2,1H3. The molecule has 0 heterocycles. The molecule has 6 heavy (non-hydrogen) atoms. The zero-order valence-corrected chi connectivity index (χ0v) is 4.73. The van der Waals surface area contributed by atoms with Gasteiger partial charge in [-0.1, -0.05) is 0 Å². The third kappa shape index (κ3) is 4.19. The van der Waals surface area contributed by atoms with E-state index in [0.29, 0.717) is 6.61 Å². The van der Waals surface area contributed by atoms with Gasteiger partial charge in [-0.25, -0.2) is 0 Å². The van der Waals surface area contributed by atoms with Crippen molar-refractivity contribution < 1.29 is 9.09 Å². The number of hydrogen-bond donors (Lipinski definition) is 0. The van der Waals surface area contributed by atoms with Gasteiger partial charge >= 0.3 is 0 Å². The summed E-state index contributed by atoms with van der Waals surface area (Å²) in [5.74, 6) is 0. The van der Waals surface area contributed by atoms with Crippen molar-refractivity contribution in [3.63, 3.8) is 0 Å². The molecule has 0 aliphatic carbocycles. The van der Waals surface area contributed by atoms with Crippen LogP contribution in [0.25, 0.3) is 0 Å². The van der Waals surface area contributed by atoms with Crippen LogP contribution in [0.4, 0.5) is 0 Å². The first kappa shape index (κ1) is 6.19. The smallest absolute Gasteiger partial charge is 0.192 e. The normalized spacial score (nSPS) is 14.3. The third-order valence-electron chi connectivity index (χ3n) is 0.305. The largest absolute Gasteiger partial charge is 0.331 e. The molecule has 0 bridgehead atoms. The predicted octanol–water partition coefficient (Wildman–Crippen LogP) is 1.29. The number of hydrogen-bond acceptors (Lipinski definition) is 2. The van der Waals surface area contributed by atoms with Crippen molar-refractivity contribution in [3.05, 3.63) is 6.66 Å². The summed E-state index contributed by atoms with van der Waals surface area (Å²) in [5.41, 5.74) is 0. The van der Waals surface area contributed by atoms with Crippen LogP contribution in [0.2, 0.25) is 0 Å². The summed E-state index contributed by atoms with van der Waals surface area (Å²) in [6.07, 6.45) is 0. The van der Waals surface area contributed by atoms with Crippen LogP contribution < -0.4 is 0 Å². The molecule has 0 fully saturated rings. The molecule has 0 aromatic heterocycles. The predicted molar refractivity (Wildman–Crippen MR) is 26.0 cm³/mol. The second-order valence-electron chi connectivity index (χ2n) is 0.805. The average molecular weight is 107 g/mol. The fourth-order valence-corrected chi connectivity index (χ4v) is 0.483. The van der Waals surface area contributed by atoms with E-state index in [0.717, 1.165) is 0 Å². The second kappa shape index (κ2) is 3.38. The molecular formula is C3H8O2P. The van der Waals surface area contributed by atoms with Crippen LogP contribution in [0.5, 0.6) is 0 Å². The molecular weight excluding hydrogens is 99.0 g/mol. The lowest BCUT2D eigenvalue weighted by molar-refractivity contribution is 0.356. The highest BCUT2D eigenvalue weighted by Gasteiger charge is 1.79. The third-order valence-corrected chi connectivity index (χ3v) is 0.916. The summed E-state index contributed by atoms with van der Waals surface area (Å²) in [6.45, 7) is 5.44. The fraction of sp³-hybridized carbons (Fsp3) is 0.667. The van der Waals surface area contributed by atoms with Crippen LogP contribution in [-0.2, 0) is 9.09 Å². The average Bonchev–Trinajstić information content (AvgIpc) is 1.35. The molecule has 0 N–H and O–H groups in total. The van der Waals surface area contributed by atoms with E-state index in [-0.39, 0.29) is 0 Å². The Kier molecular flexibility index (Phi) is 3.49. The van der Waals surface area contributed by atoms with Crippen molar-refractivity contribution in [2.45, 2.75) is 6.92 Å². The molecule has 0 aliphatic heterocycles. The van der Waals surface area contributed by atoms with Gasteiger partial charge in [-0.2, -0.15) is 0 Å². The maximum atomic E-state index is 9.90. The minimum absolute atomic E-state index is 0.501. The first-order valence-corrected chi connectivity index (χ1v) is 3.28. The summed E-state index contributed by atoms with van der Waals surface area (Å²) in [5, 5.41) is 0. The summed E-state index contributed by atoms with van der Waals surface area (Å²) < 4.78 is 14.4. The van der Waals surface area contributed by atoms with E-state index >= 15 is 0 Å². The minimum Gasteiger partial charge on any atom is -0.331 e. The molecule has 0 aliphatic rings. The maximum Gasteiger partial charge on any atom is 0.192 e. The van der Waals surface area contributed by atoms with Crippen molar-refractivity contribution in [2.24, 2.45) is 0 Å². The van der Waals surface area contributed by atoms with E-state index < -0.39 is 8.03 Å². The van der Waals surface area contributed by atoms with Crippen molar-refractivity contribution in [3.8, 4) is 0 Å². The Morgan fingerprint density at radius 3 is 2.50 bits per heavy atom. The van der Waals surface area contributed by atoms with Crippen molar-refractivity contribution in [1.82, 2.24) is 0 Å². The lowest BCUT2D eigenvalue weighted by Gasteiger charge is -1.87. The lowest BCUT2D eigenvalue weighted by atomic mass is 10.9. The van der Waals surface area contributed by atoms with E-state index in [9.17, 15) is 4.57 Å². The Balaban J connectivity index is 2.83. The topological polar surface area (TPSA) is 26.3 Å². The fourth-order valence-electron chi connectivity index (χ4n) is 0.161. The van der Waals surface area contributed by atoms with Crippen LogP contribution in [0.3, 0.4) is 0 Å². The first-order chi connectivity index (χ1) is 2.77. The van der Waals surface area contributed by atoms with Gasteiger partial charge in [0.05, 0.1) is 6.61 Å². The van der Waals surface area contributed by atoms with Crippen LogP contribution in [0.1, 0.15) is 6.92 Å². The van der Waals surface area contributed by atoms with E-state index in [1.54, 1.807) is 6.92 Å². The molecule has 0 saturated heterocycles. The van der Waals surface area contributed by atoms with Crippen molar-refractivity contribution >= 4 is 8.03 Å². The lowest BCUT2D eigenvalue weighted by Crippen LogP contribution is -1.70. The van der Waals surface area contributed by atoms with Gasteiger partial charge in [-0.15, -0.1) is 0 Å². The summed E-state index contributed by atoms with van der Waals surface area (Å²) >= 11 is 0. The molecule has 0 amide bonds. The molecule has 3 heteroatoms. The second-order valence-corrected chi connectivity index (χ2v) is 1.84. The Hall–Kier alpha value is 0.190. The van der Waals surface area contributed by atoms with Gasteiger partial charge in [-0.3, -0.25) is 4.57 Å². The molecule has 1 atom stereocenters. The molecule has 37 valence electrons. The van der Waals surface area contributed by atoms with E-state index in [2.05, 4.69) is 11.2 Å². The molecule has 2 nitrogen and oxygen atoms in total. The summed E-state index contributed by atoms with van der Waals surface area (Å²) in [6, 6.07) is 0. The highest BCUT2D eigenvalue weighted by atomic mass is 31.1. The molecule has 0 aromatic carbocycles. The van der Waals surface area contributed by atoms with Crippen LogP contribution in [0.15, 0.2) is 0 Å². The van der Waals surface area contributed by atoms with Gasteiger partial charge in [0.1, 0.15) is 0 Å². The van der Waals surface area contributed by atoms with E-state index in [1.165, 1.54) is 0 Å². The summed E-state index contributed by atoms with van der Waals surface area (Å²) in [7, 11) is -1.89. The van der Waals surface area contributed by atoms with E-state index in [1.807, 2.05) is 0 Å². The molecule has 0 saturated carbocycles. The zero-order valence-electron chi connectivity index (χ0n) is 3.73. The first-order valence-electron chi connectivity index (χ1n) is 1.76. The number of rotatable bonds is 2. The Morgan fingerprint density at radius 1 is 2.00 bits per heavy atom. The Bertz CT molecular complexity index is 52.8. The van der Waals surface area contributed by atoms with Gasteiger partial charge in [0, 0.05) is 6.66 Å². The minimum atomic E-state index is -1.89. The molecule has 0 spiro atoms. The van der Waals surface area contributed by atoms with Crippen LogP contribution >= 0.6 is 8.03 Å². The van der Waals surface area contributed by atoms with Crippen LogP contribution in [0, 0.1) is 6.66 Å². The van der Waals surface area contributed by atoms with Crippen molar-refractivity contribution in [2.75, 3.05) is 6.61 Å². The molecule has 1 radical (unpaired) electrons. The Morgan fingerprint density at radius 2 is 2.50 bits per heavy atom.